The van der Waals surface area contributed by atoms with E-state index in [1.807, 2.05) is 0 Å². The molecule has 0 unspecified atom stereocenters. The van der Waals surface area contributed by atoms with Crippen LogP contribution in [0, 0.1) is 0 Å². The summed E-state index contributed by atoms with van der Waals surface area (Å²) >= 11 is 0. The van der Waals surface area contributed by atoms with Crippen LogP contribution in [0.25, 0.3) is 0 Å². The predicted molar refractivity (Wildman–Crippen MR) is 33.4 cm³/mol. The molecule has 0 aliphatic rings. The van der Waals surface area contributed by atoms with Gasteiger partial charge in [0, 0.05) is 6.20 Å². The summed E-state index contributed by atoms with van der Waals surface area (Å²) in [6.45, 7) is 0. The van der Waals surface area contributed by atoms with Crippen molar-refractivity contribution in [2.24, 2.45) is 0 Å². The number of aromatic nitrogens is 2. The standard InChI is InChI=1S/C4H4BN3O/c5-4(9)8-3-1-6-7-2-3/h1-2H,(H,6,7)(H,8,9). The Bertz CT molecular complexity index is 196. The average Bonchev–Trinajstić information content (AvgIpc) is 2.15. The third-order valence-electron chi connectivity index (χ3n) is 0.766. The third-order valence-corrected chi connectivity index (χ3v) is 0.766. The van der Waals surface area contributed by atoms with Crippen molar-refractivity contribution in [1.29, 1.82) is 0 Å². The molecule has 0 bridgehead atoms. The Kier molecular flexibility index (Phi) is 1.53. The van der Waals surface area contributed by atoms with E-state index in [0.717, 1.165) is 0 Å². The first kappa shape index (κ1) is 5.87. The quantitative estimate of drug-likeness (QED) is 0.518. The highest BCUT2D eigenvalue weighted by Gasteiger charge is 1.92. The normalized spacial score (nSPS) is 8.89. The molecule has 44 valence electrons. The topological polar surface area (TPSA) is 57.8 Å². The van der Waals surface area contributed by atoms with Crippen molar-refractivity contribution in [1.82, 2.24) is 10.2 Å². The lowest BCUT2D eigenvalue weighted by Crippen LogP contribution is -2.06. The molecule has 1 aromatic rings. The number of hydrogen-bond acceptors (Lipinski definition) is 2. The summed E-state index contributed by atoms with van der Waals surface area (Å²) in [6, 6.07) is 0. The summed E-state index contributed by atoms with van der Waals surface area (Å²) in [5.74, 6) is -0.587. The molecule has 4 nitrogen and oxygen atoms in total. The highest BCUT2D eigenvalue weighted by atomic mass is 16.1. The van der Waals surface area contributed by atoms with Gasteiger partial charge in [0.25, 0.3) is 0 Å². The van der Waals surface area contributed by atoms with E-state index >= 15 is 0 Å². The van der Waals surface area contributed by atoms with E-state index in [2.05, 4.69) is 15.5 Å². The lowest BCUT2D eigenvalue weighted by molar-refractivity contribution is 0.269. The van der Waals surface area contributed by atoms with Gasteiger partial charge in [0.15, 0.2) is 5.81 Å². The molecule has 0 aromatic carbocycles. The van der Waals surface area contributed by atoms with Crippen LogP contribution in [0.3, 0.4) is 0 Å². The van der Waals surface area contributed by atoms with Gasteiger partial charge in [-0.1, -0.05) is 0 Å². The second kappa shape index (κ2) is 2.34. The van der Waals surface area contributed by atoms with Crippen LogP contribution in [0.1, 0.15) is 0 Å². The molecule has 2 radical (unpaired) electrons. The Balaban J connectivity index is 2.58. The molecule has 1 rings (SSSR count). The fourth-order valence-corrected chi connectivity index (χ4v) is 0.462. The molecule has 0 atom stereocenters. The molecule has 1 aromatic heterocycles. The average molecular weight is 121 g/mol. The van der Waals surface area contributed by atoms with Gasteiger partial charge in [0.05, 0.1) is 11.9 Å². The van der Waals surface area contributed by atoms with E-state index in [1.165, 1.54) is 12.4 Å². The number of amides is 1. The zero-order valence-electron chi connectivity index (χ0n) is 4.59. The number of carbonyl (C=O) groups excluding carboxylic acids is 1. The first-order valence-electron chi connectivity index (χ1n) is 2.34. The number of H-pyrrole nitrogens is 1. The van der Waals surface area contributed by atoms with Crippen LogP contribution in [-0.2, 0) is 0 Å². The molecular formula is C4H4BN3O. The number of nitrogens with one attached hydrogen (secondary N) is 2. The summed E-state index contributed by atoms with van der Waals surface area (Å²) in [5.41, 5.74) is 0.572. The van der Waals surface area contributed by atoms with E-state index in [9.17, 15) is 4.79 Å². The molecule has 5 heteroatoms. The maximum atomic E-state index is 10.1. The van der Waals surface area contributed by atoms with Gasteiger partial charge < -0.3 is 5.32 Å². The van der Waals surface area contributed by atoms with E-state index < -0.39 is 5.81 Å². The van der Waals surface area contributed by atoms with Gasteiger partial charge in [0.1, 0.15) is 0 Å². The van der Waals surface area contributed by atoms with E-state index in [-0.39, 0.29) is 0 Å². The maximum absolute atomic E-state index is 10.1. The monoisotopic (exact) mass is 121 g/mol. The first-order chi connectivity index (χ1) is 4.29. The molecule has 0 saturated heterocycles. The fraction of sp³-hybridized carbons (Fsp3) is 0. The Morgan fingerprint density at radius 2 is 2.67 bits per heavy atom. The maximum Gasteiger partial charge on any atom is 0.201 e. The summed E-state index contributed by atoms with van der Waals surface area (Å²) < 4.78 is 0. The summed E-state index contributed by atoms with van der Waals surface area (Å²) in [7, 11) is 4.79. The highest BCUT2D eigenvalue weighted by molar-refractivity contribution is 6.60. The molecule has 0 aliphatic carbocycles. The van der Waals surface area contributed by atoms with Crippen molar-refractivity contribution in [3.05, 3.63) is 12.4 Å². The van der Waals surface area contributed by atoms with E-state index in [4.69, 9.17) is 7.85 Å². The Morgan fingerprint density at radius 1 is 1.89 bits per heavy atom. The van der Waals surface area contributed by atoms with Crippen LogP contribution < -0.4 is 5.32 Å². The van der Waals surface area contributed by atoms with E-state index in [1.54, 1.807) is 0 Å². The van der Waals surface area contributed by atoms with Crippen LogP contribution in [-0.4, -0.2) is 23.9 Å². The fourth-order valence-electron chi connectivity index (χ4n) is 0.462. The third kappa shape index (κ3) is 1.60. The minimum atomic E-state index is -0.587. The van der Waals surface area contributed by atoms with Crippen molar-refractivity contribution < 1.29 is 4.79 Å². The smallest absolute Gasteiger partial charge is 0.201 e. The molecule has 2 N–H and O–H groups in total. The SMILES string of the molecule is [B]C(=O)Nc1cn[nH]c1. The van der Waals surface area contributed by atoms with Crippen LogP contribution >= 0.6 is 0 Å². The van der Waals surface area contributed by atoms with E-state index in [0.29, 0.717) is 5.69 Å². The number of anilines is 1. The van der Waals surface area contributed by atoms with Gasteiger partial charge in [0.2, 0.25) is 7.85 Å². The van der Waals surface area contributed by atoms with Crippen LogP contribution in [0.15, 0.2) is 12.4 Å². The van der Waals surface area contributed by atoms with Crippen LogP contribution in [0.5, 0.6) is 0 Å². The number of aromatic amines is 1. The lowest BCUT2D eigenvalue weighted by Gasteiger charge is -1.92. The van der Waals surface area contributed by atoms with Crippen molar-refractivity contribution >= 4 is 19.3 Å². The van der Waals surface area contributed by atoms with Crippen molar-refractivity contribution in [3.8, 4) is 0 Å². The molecule has 0 aliphatic heterocycles. The molecule has 0 saturated carbocycles. The van der Waals surface area contributed by atoms with Crippen LogP contribution in [0.4, 0.5) is 10.5 Å². The zero-order chi connectivity index (χ0) is 6.69. The number of carbonyl (C=O) groups is 1. The molecular weight excluding hydrogens is 117 g/mol. The number of rotatable bonds is 1. The second-order valence-corrected chi connectivity index (χ2v) is 1.48. The minimum Gasteiger partial charge on any atom is -0.334 e. The summed E-state index contributed by atoms with van der Waals surface area (Å²) in [4.78, 5) is 10.1. The summed E-state index contributed by atoms with van der Waals surface area (Å²) in [6.07, 6.45) is 3.00. The lowest BCUT2D eigenvalue weighted by atomic mass is 10.1. The molecule has 1 amide bonds. The number of nitrogens with zero attached hydrogens (tertiary/aromatic N) is 1. The van der Waals surface area contributed by atoms with Crippen LogP contribution in [0.2, 0.25) is 0 Å². The summed E-state index contributed by atoms with van der Waals surface area (Å²) in [5, 5.41) is 8.42. The van der Waals surface area contributed by atoms with Crippen molar-refractivity contribution in [3.63, 3.8) is 0 Å². The predicted octanol–water partition coefficient (Wildman–Crippen LogP) is 0.110. The second-order valence-electron chi connectivity index (χ2n) is 1.48. The highest BCUT2D eigenvalue weighted by Crippen LogP contribution is 1.98. The van der Waals surface area contributed by atoms with Gasteiger partial charge in [-0.15, -0.1) is 0 Å². The Hall–Kier alpha value is -1.26. The van der Waals surface area contributed by atoms with Gasteiger partial charge in [-0.25, -0.2) is 0 Å². The van der Waals surface area contributed by atoms with Gasteiger partial charge in [-0.05, 0) is 0 Å². The van der Waals surface area contributed by atoms with Crippen molar-refractivity contribution in [2.45, 2.75) is 0 Å². The molecule has 1 heterocycles. The Labute approximate surface area is 53.1 Å². The molecule has 0 spiro atoms. The number of hydrogen-bond donors (Lipinski definition) is 2. The van der Waals surface area contributed by atoms with Gasteiger partial charge in [-0.2, -0.15) is 5.10 Å². The first-order valence-corrected chi connectivity index (χ1v) is 2.34. The van der Waals surface area contributed by atoms with Gasteiger partial charge in [-0.3, -0.25) is 9.89 Å². The minimum absolute atomic E-state index is 0.572. The molecule has 0 fully saturated rings. The zero-order valence-corrected chi connectivity index (χ0v) is 4.59. The molecule has 9 heavy (non-hydrogen) atoms. The largest absolute Gasteiger partial charge is 0.334 e. The van der Waals surface area contributed by atoms with Gasteiger partial charge >= 0.3 is 0 Å². The Morgan fingerprint density at radius 3 is 3.11 bits per heavy atom. The van der Waals surface area contributed by atoms with Crippen molar-refractivity contribution in [2.75, 3.05) is 5.32 Å².